The van der Waals surface area contributed by atoms with Crippen molar-refractivity contribution in [1.82, 2.24) is 10.2 Å². The summed E-state index contributed by atoms with van der Waals surface area (Å²) in [5.41, 5.74) is 1.02. The topological polar surface area (TPSA) is 72.4 Å². The number of hydrogen-bond acceptors (Lipinski definition) is 5. The molecule has 1 heterocycles. The molecule has 1 N–H and O–H groups in total. The molecule has 1 aromatic carbocycles. The zero-order valence-electron chi connectivity index (χ0n) is 16.5. The number of rotatable bonds is 6. The van der Waals surface area contributed by atoms with Crippen LogP contribution in [0.1, 0.15) is 25.3 Å². The Balaban J connectivity index is 0.00000364. The molecule has 0 spiro atoms. The number of likely N-dealkylation sites (tertiary alicyclic amines) is 1. The Morgan fingerprint density at radius 3 is 2.52 bits per heavy atom. The Bertz CT molecular complexity index is 631. The number of halogens is 1. The molecule has 1 aliphatic heterocycles. The van der Waals surface area contributed by atoms with Crippen LogP contribution in [-0.2, 0) is 16.1 Å². The van der Waals surface area contributed by atoms with Gasteiger partial charge in [-0.3, -0.25) is 9.79 Å². The first-order valence-electron chi connectivity index (χ1n) is 8.96. The molecule has 0 bridgehead atoms. The fourth-order valence-electron chi connectivity index (χ4n) is 3.09. The Labute approximate surface area is 178 Å². The number of esters is 1. The van der Waals surface area contributed by atoms with Gasteiger partial charge in [0.2, 0.25) is 0 Å². The van der Waals surface area contributed by atoms with Gasteiger partial charge < -0.3 is 24.4 Å². The maximum Gasteiger partial charge on any atom is 0.309 e. The summed E-state index contributed by atoms with van der Waals surface area (Å²) in [4.78, 5) is 18.4. The Hall–Kier alpha value is -1.71. The quantitative estimate of drug-likeness (QED) is 0.286. The van der Waals surface area contributed by atoms with Gasteiger partial charge >= 0.3 is 5.97 Å². The molecule has 152 valence electrons. The number of aliphatic imine (C=N–C) groups is 1. The summed E-state index contributed by atoms with van der Waals surface area (Å²) in [7, 11) is 5.05. The minimum Gasteiger partial charge on any atom is -0.497 e. The monoisotopic (exact) mass is 491 g/mol. The highest BCUT2D eigenvalue weighted by molar-refractivity contribution is 14.0. The van der Waals surface area contributed by atoms with E-state index < -0.39 is 0 Å². The molecule has 8 heteroatoms. The third kappa shape index (κ3) is 6.44. The Morgan fingerprint density at radius 2 is 1.96 bits per heavy atom. The summed E-state index contributed by atoms with van der Waals surface area (Å²) < 4.78 is 15.8. The predicted octanol–water partition coefficient (Wildman–Crippen LogP) is 2.67. The van der Waals surface area contributed by atoms with Gasteiger partial charge in [0.05, 0.1) is 26.7 Å². The molecule has 0 radical (unpaired) electrons. The lowest BCUT2D eigenvalue weighted by atomic mass is 9.97. The molecule has 7 nitrogen and oxygen atoms in total. The number of carbonyl (C=O) groups is 1. The lowest BCUT2D eigenvalue weighted by Crippen LogP contribution is -2.46. The third-order valence-corrected chi connectivity index (χ3v) is 4.56. The standard InChI is InChI=1S/C19H29N3O4.HI/c1-5-26-18(23)14-8-10-22(11-9-14)19(20-2)21-13-15-6-7-16(24-3)12-17(15)25-4;/h6-7,12,14H,5,8-11,13H2,1-4H3,(H,20,21);1H. The molecule has 0 saturated carbocycles. The SMILES string of the molecule is CCOC(=O)C1CCN(C(=NC)NCc2ccc(OC)cc2OC)CC1.I. The van der Waals surface area contributed by atoms with E-state index in [0.29, 0.717) is 13.2 Å². The van der Waals surface area contributed by atoms with Crippen molar-refractivity contribution in [2.24, 2.45) is 10.9 Å². The van der Waals surface area contributed by atoms with Crippen molar-refractivity contribution in [2.75, 3.05) is 41.0 Å². The van der Waals surface area contributed by atoms with E-state index in [1.807, 2.05) is 25.1 Å². The Kier molecular flexibility index (Phi) is 10.3. The zero-order valence-corrected chi connectivity index (χ0v) is 18.8. The van der Waals surface area contributed by atoms with Crippen molar-refractivity contribution >= 4 is 35.9 Å². The number of nitrogens with zero attached hydrogens (tertiary/aromatic N) is 2. The van der Waals surface area contributed by atoms with Crippen LogP contribution in [0.15, 0.2) is 23.2 Å². The van der Waals surface area contributed by atoms with Gasteiger partial charge in [0.1, 0.15) is 11.5 Å². The molecule has 27 heavy (non-hydrogen) atoms. The van der Waals surface area contributed by atoms with Crippen LogP contribution in [0, 0.1) is 5.92 Å². The number of benzene rings is 1. The number of piperidine rings is 1. The van der Waals surface area contributed by atoms with Crippen LogP contribution >= 0.6 is 24.0 Å². The van der Waals surface area contributed by atoms with Crippen molar-refractivity contribution in [3.8, 4) is 11.5 Å². The number of nitrogens with one attached hydrogen (secondary N) is 1. The van der Waals surface area contributed by atoms with E-state index in [0.717, 1.165) is 49.0 Å². The van der Waals surface area contributed by atoms with E-state index in [1.54, 1.807) is 21.3 Å². The number of hydrogen-bond donors (Lipinski definition) is 1. The van der Waals surface area contributed by atoms with Crippen LogP contribution in [0.4, 0.5) is 0 Å². The first-order chi connectivity index (χ1) is 12.6. The van der Waals surface area contributed by atoms with Crippen LogP contribution in [0.25, 0.3) is 0 Å². The van der Waals surface area contributed by atoms with Gasteiger partial charge in [-0.25, -0.2) is 0 Å². The number of ether oxygens (including phenoxy) is 3. The maximum atomic E-state index is 11.9. The zero-order chi connectivity index (χ0) is 18.9. The van der Waals surface area contributed by atoms with Crippen LogP contribution in [-0.4, -0.2) is 57.8 Å². The van der Waals surface area contributed by atoms with Crippen LogP contribution in [0.5, 0.6) is 11.5 Å². The van der Waals surface area contributed by atoms with Crippen LogP contribution in [0.3, 0.4) is 0 Å². The summed E-state index contributed by atoms with van der Waals surface area (Å²) in [5, 5.41) is 3.38. The highest BCUT2D eigenvalue weighted by atomic mass is 127. The molecular formula is C19H30IN3O4. The van der Waals surface area contributed by atoms with Gasteiger partial charge in [0.25, 0.3) is 0 Å². The second-order valence-electron chi connectivity index (χ2n) is 6.09. The van der Waals surface area contributed by atoms with E-state index in [4.69, 9.17) is 14.2 Å². The predicted molar refractivity (Wildman–Crippen MR) is 116 cm³/mol. The van der Waals surface area contributed by atoms with E-state index in [2.05, 4.69) is 15.2 Å². The van der Waals surface area contributed by atoms with Crippen molar-refractivity contribution in [1.29, 1.82) is 0 Å². The van der Waals surface area contributed by atoms with Crippen molar-refractivity contribution in [3.63, 3.8) is 0 Å². The maximum absolute atomic E-state index is 11.9. The van der Waals surface area contributed by atoms with E-state index in [-0.39, 0.29) is 35.9 Å². The molecule has 1 aliphatic rings. The van der Waals surface area contributed by atoms with Crippen molar-refractivity contribution < 1.29 is 19.0 Å². The second-order valence-corrected chi connectivity index (χ2v) is 6.09. The van der Waals surface area contributed by atoms with Crippen LogP contribution in [0.2, 0.25) is 0 Å². The average molecular weight is 491 g/mol. The molecule has 2 rings (SSSR count). The fraction of sp³-hybridized carbons (Fsp3) is 0.579. The largest absolute Gasteiger partial charge is 0.497 e. The average Bonchev–Trinajstić information content (AvgIpc) is 2.69. The van der Waals surface area contributed by atoms with E-state index in [9.17, 15) is 4.79 Å². The number of guanidine groups is 1. The van der Waals surface area contributed by atoms with Crippen molar-refractivity contribution in [3.05, 3.63) is 23.8 Å². The van der Waals surface area contributed by atoms with Crippen molar-refractivity contribution in [2.45, 2.75) is 26.3 Å². The van der Waals surface area contributed by atoms with Gasteiger partial charge in [-0.15, -0.1) is 24.0 Å². The second kappa shape index (κ2) is 11.9. The molecule has 0 aromatic heterocycles. The molecule has 0 unspecified atom stereocenters. The van der Waals surface area contributed by atoms with Gasteiger partial charge in [-0.05, 0) is 31.9 Å². The number of methoxy groups -OCH3 is 2. The van der Waals surface area contributed by atoms with Gasteiger partial charge in [0.15, 0.2) is 5.96 Å². The fourth-order valence-corrected chi connectivity index (χ4v) is 3.09. The highest BCUT2D eigenvalue weighted by Crippen LogP contribution is 2.24. The summed E-state index contributed by atoms with van der Waals surface area (Å²) in [6, 6.07) is 5.75. The summed E-state index contributed by atoms with van der Waals surface area (Å²) in [6.07, 6.45) is 1.57. The lowest BCUT2D eigenvalue weighted by Gasteiger charge is -2.33. The van der Waals surface area contributed by atoms with E-state index >= 15 is 0 Å². The minimum absolute atomic E-state index is 0. The first-order valence-corrected chi connectivity index (χ1v) is 8.96. The molecular weight excluding hydrogens is 461 g/mol. The molecule has 1 aromatic rings. The molecule has 1 fully saturated rings. The lowest BCUT2D eigenvalue weighted by molar-refractivity contribution is -0.149. The highest BCUT2D eigenvalue weighted by Gasteiger charge is 2.27. The van der Waals surface area contributed by atoms with E-state index in [1.165, 1.54) is 0 Å². The van der Waals surface area contributed by atoms with Gasteiger partial charge in [0, 0.05) is 38.3 Å². The minimum atomic E-state index is -0.0851. The normalized spacial score (nSPS) is 15.0. The molecule has 0 amide bonds. The molecule has 0 aliphatic carbocycles. The summed E-state index contributed by atoms with van der Waals surface area (Å²) in [6.45, 7) is 4.43. The number of carbonyl (C=O) groups excluding carboxylic acids is 1. The summed E-state index contributed by atoms with van der Waals surface area (Å²) in [5.74, 6) is 2.26. The molecule has 0 atom stereocenters. The third-order valence-electron chi connectivity index (χ3n) is 4.56. The van der Waals surface area contributed by atoms with Crippen LogP contribution < -0.4 is 14.8 Å². The van der Waals surface area contributed by atoms with Gasteiger partial charge in [-0.2, -0.15) is 0 Å². The smallest absolute Gasteiger partial charge is 0.309 e. The van der Waals surface area contributed by atoms with Gasteiger partial charge in [-0.1, -0.05) is 0 Å². The summed E-state index contributed by atoms with van der Waals surface area (Å²) >= 11 is 0. The molecule has 1 saturated heterocycles. The first kappa shape index (κ1) is 23.3. The Morgan fingerprint density at radius 1 is 1.26 bits per heavy atom.